The molecular weight excluding hydrogens is 615 g/mol. The number of anilines is 1. The molecule has 0 fully saturated rings. The van der Waals surface area contributed by atoms with E-state index in [1.807, 2.05) is 12.1 Å². The molecule has 2 aromatic rings. The van der Waals surface area contributed by atoms with Crippen molar-refractivity contribution in [3.8, 4) is 0 Å². The van der Waals surface area contributed by atoms with E-state index in [4.69, 9.17) is 23.2 Å². The van der Waals surface area contributed by atoms with Crippen molar-refractivity contribution in [1.29, 1.82) is 0 Å². The zero-order valence-electron chi connectivity index (χ0n) is 30.1. The largest absolute Gasteiger partial charge is 0.344 e. The maximum atomic E-state index is 6.47. The summed E-state index contributed by atoms with van der Waals surface area (Å²) < 4.78 is 2.53. The van der Waals surface area contributed by atoms with Gasteiger partial charge >= 0.3 is 0 Å². The average Bonchev–Trinajstić information content (AvgIpc) is 3.37. The fourth-order valence-electron chi connectivity index (χ4n) is 7.36. The highest BCUT2D eigenvalue weighted by Gasteiger charge is 2.44. The lowest BCUT2D eigenvalue weighted by Crippen LogP contribution is -2.27. The molecule has 0 atom stereocenters. The number of unbranched alkanes of at least 4 members (excludes halogenated alkanes) is 10. The molecule has 4 heteroatoms. The molecular formula is C43H59Cl2N2+. The van der Waals surface area contributed by atoms with Crippen molar-refractivity contribution in [2.45, 2.75) is 129 Å². The van der Waals surface area contributed by atoms with Crippen LogP contribution in [-0.4, -0.2) is 23.4 Å². The molecule has 0 aromatic heterocycles. The molecule has 0 saturated heterocycles. The summed E-state index contributed by atoms with van der Waals surface area (Å²) in [6.45, 7) is 15.9. The summed E-state index contributed by atoms with van der Waals surface area (Å²) >= 11 is 12.9. The van der Waals surface area contributed by atoms with Gasteiger partial charge in [-0.3, -0.25) is 0 Å². The van der Waals surface area contributed by atoms with Gasteiger partial charge in [0.25, 0.3) is 0 Å². The summed E-state index contributed by atoms with van der Waals surface area (Å²) in [6, 6.07) is 12.8. The Labute approximate surface area is 297 Å². The Morgan fingerprint density at radius 3 is 1.91 bits per heavy atom. The Kier molecular flexibility index (Phi) is 14.1. The summed E-state index contributed by atoms with van der Waals surface area (Å²) in [4.78, 5) is 2.53. The molecule has 0 unspecified atom stereocenters. The standard InChI is InChI=1S/C43H59Cl2N2/c1-7-9-11-13-18-22-30-46-38-28-26-34(44)32-36(38)42(3,4)40(46)24-20-16-15-17-21-25-41-43(5,6)37-33-35(45)27-29-39(37)47(41)31-23-19-14-12-10-8-2/h15-17,20-21,24-29,32-33H,7-14,18-19,22-23,30-31H2,1-6H3/q+1. The highest BCUT2D eigenvalue weighted by molar-refractivity contribution is 6.31. The topological polar surface area (TPSA) is 6.25 Å². The molecule has 0 N–H and O–H groups in total. The van der Waals surface area contributed by atoms with Crippen LogP contribution in [-0.2, 0) is 10.8 Å². The van der Waals surface area contributed by atoms with Crippen molar-refractivity contribution in [2.24, 2.45) is 0 Å². The highest BCUT2D eigenvalue weighted by atomic mass is 35.5. The van der Waals surface area contributed by atoms with Crippen molar-refractivity contribution >= 4 is 40.3 Å². The van der Waals surface area contributed by atoms with Crippen LogP contribution in [0.5, 0.6) is 0 Å². The molecule has 0 bridgehead atoms. The summed E-state index contributed by atoms with van der Waals surface area (Å²) in [7, 11) is 0. The number of nitrogens with zero attached hydrogens (tertiary/aromatic N) is 2. The summed E-state index contributed by atoms with van der Waals surface area (Å²) in [5.74, 6) is 0. The first-order valence-electron chi connectivity index (χ1n) is 18.4. The Hall–Kier alpha value is -2.55. The van der Waals surface area contributed by atoms with Gasteiger partial charge in [0.2, 0.25) is 5.69 Å². The molecule has 2 aliphatic heterocycles. The number of benzene rings is 2. The van der Waals surface area contributed by atoms with Gasteiger partial charge in [0.05, 0.1) is 5.41 Å². The van der Waals surface area contributed by atoms with E-state index in [0.29, 0.717) is 0 Å². The molecule has 2 heterocycles. The molecule has 0 saturated carbocycles. The van der Waals surface area contributed by atoms with E-state index in [0.717, 1.165) is 23.1 Å². The van der Waals surface area contributed by atoms with E-state index in [9.17, 15) is 0 Å². The number of fused-ring (bicyclic) bond motifs is 2. The number of hydrogen-bond donors (Lipinski definition) is 0. The van der Waals surface area contributed by atoms with Gasteiger partial charge < -0.3 is 4.90 Å². The second-order valence-corrected chi connectivity index (χ2v) is 15.4. The quantitative estimate of drug-likeness (QED) is 0.0866. The molecule has 254 valence electrons. The van der Waals surface area contributed by atoms with Crippen molar-refractivity contribution in [3.63, 3.8) is 0 Å². The minimum atomic E-state index is -0.0988. The van der Waals surface area contributed by atoms with Gasteiger partial charge in [-0.25, -0.2) is 0 Å². The van der Waals surface area contributed by atoms with Gasteiger partial charge in [-0.15, -0.1) is 0 Å². The van der Waals surface area contributed by atoms with Gasteiger partial charge in [-0.05, 0) is 68.7 Å². The lowest BCUT2D eigenvalue weighted by Gasteiger charge is -2.27. The van der Waals surface area contributed by atoms with Crippen LogP contribution in [0.25, 0.3) is 0 Å². The second-order valence-electron chi connectivity index (χ2n) is 14.5. The normalized spacial score (nSPS) is 17.7. The predicted molar refractivity (Wildman–Crippen MR) is 208 cm³/mol. The van der Waals surface area contributed by atoms with Gasteiger partial charge in [0.1, 0.15) is 6.54 Å². The minimum Gasteiger partial charge on any atom is -0.344 e. The summed E-state index contributed by atoms with van der Waals surface area (Å²) in [5, 5.41) is 1.62. The maximum Gasteiger partial charge on any atom is 0.209 e. The first kappa shape index (κ1) is 37.3. The number of rotatable bonds is 18. The van der Waals surface area contributed by atoms with Gasteiger partial charge in [-0.1, -0.05) is 139 Å². The fourth-order valence-corrected chi connectivity index (χ4v) is 7.71. The Balaban J connectivity index is 1.47. The third-order valence-corrected chi connectivity index (χ3v) is 10.6. The molecule has 2 aromatic carbocycles. The summed E-state index contributed by atoms with van der Waals surface area (Å²) in [5.41, 5.74) is 7.72. The van der Waals surface area contributed by atoms with Gasteiger partial charge in [0, 0.05) is 57.5 Å². The van der Waals surface area contributed by atoms with E-state index in [1.165, 1.54) is 111 Å². The molecule has 0 spiro atoms. The Bertz CT molecular complexity index is 1490. The van der Waals surface area contributed by atoms with E-state index < -0.39 is 0 Å². The zero-order valence-corrected chi connectivity index (χ0v) is 31.6. The van der Waals surface area contributed by atoms with Crippen LogP contribution >= 0.6 is 23.2 Å². The average molecular weight is 675 g/mol. The first-order chi connectivity index (χ1) is 22.6. The number of halogens is 2. The van der Waals surface area contributed by atoms with Crippen molar-refractivity contribution in [1.82, 2.24) is 0 Å². The van der Waals surface area contributed by atoms with E-state index in [1.54, 1.807) is 0 Å². The Morgan fingerprint density at radius 1 is 0.638 bits per heavy atom. The minimum absolute atomic E-state index is 0.0988. The van der Waals surface area contributed by atoms with E-state index >= 15 is 0 Å². The van der Waals surface area contributed by atoms with Crippen LogP contribution in [0.4, 0.5) is 11.4 Å². The van der Waals surface area contributed by atoms with Crippen LogP contribution in [0, 0.1) is 0 Å². The van der Waals surface area contributed by atoms with Crippen molar-refractivity contribution in [2.75, 3.05) is 18.0 Å². The lowest BCUT2D eigenvalue weighted by molar-refractivity contribution is -0.438. The number of allylic oxidation sites excluding steroid dienone is 8. The molecule has 4 rings (SSSR count). The molecule has 0 amide bonds. The summed E-state index contributed by atoms with van der Waals surface area (Å²) in [6.07, 6.45) is 31.0. The van der Waals surface area contributed by atoms with Crippen LogP contribution in [0.3, 0.4) is 0 Å². The second kappa shape index (κ2) is 17.7. The van der Waals surface area contributed by atoms with Crippen molar-refractivity contribution < 1.29 is 4.58 Å². The third-order valence-electron chi connectivity index (χ3n) is 10.1. The van der Waals surface area contributed by atoms with Gasteiger partial charge in [0.15, 0.2) is 5.71 Å². The van der Waals surface area contributed by atoms with Crippen LogP contribution < -0.4 is 4.90 Å². The molecule has 0 radical (unpaired) electrons. The zero-order chi connectivity index (χ0) is 33.9. The Morgan fingerprint density at radius 2 is 1.21 bits per heavy atom. The highest BCUT2D eigenvalue weighted by Crippen LogP contribution is 2.48. The van der Waals surface area contributed by atoms with E-state index in [2.05, 4.69) is 118 Å². The maximum absolute atomic E-state index is 6.47. The van der Waals surface area contributed by atoms with Crippen LogP contribution in [0.15, 0.2) is 84.6 Å². The molecule has 2 nitrogen and oxygen atoms in total. The molecule has 0 aliphatic carbocycles. The first-order valence-corrected chi connectivity index (χ1v) is 19.1. The third kappa shape index (κ3) is 9.33. The molecule has 47 heavy (non-hydrogen) atoms. The number of hydrogen-bond acceptors (Lipinski definition) is 1. The van der Waals surface area contributed by atoms with Gasteiger partial charge in [-0.2, -0.15) is 4.58 Å². The SMILES string of the molecule is CCCCCCCCN1\C(=C/C=C/C=C/C=C/C2=[N+](CCCCCCCC)c3ccc(Cl)cc3C2(C)C)C(C)(C)c2cc(Cl)ccc21. The fraction of sp³-hybridized carbons (Fsp3) is 0.512. The molecule has 2 aliphatic rings. The monoisotopic (exact) mass is 673 g/mol. The smallest absolute Gasteiger partial charge is 0.209 e. The predicted octanol–water partition coefficient (Wildman–Crippen LogP) is 13.4. The van der Waals surface area contributed by atoms with E-state index in [-0.39, 0.29) is 10.8 Å². The van der Waals surface area contributed by atoms with Crippen LogP contribution in [0.1, 0.15) is 130 Å². The van der Waals surface area contributed by atoms with Crippen molar-refractivity contribution in [3.05, 3.63) is 106 Å². The lowest BCUT2D eigenvalue weighted by atomic mass is 9.81. The van der Waals surface area contributed by atoms with Crippen LogP contribution in [0.2, 0.25) is 10.0 Å².